The highest BCUT2D eigenvalue weighted by molar-refractivity contribution is 7.89. The molecule has 0 radical (unpaired) electrons. The largest absolute Gasteiger partial charge is 0.454 e. The minimum absolute atomic E-state index is 0.209. The molecule has 0 bridgehead atoms. The van der Waals surface area contributed by atoms with E-state index in [0.29, 0.717) is 76.5 Å². The van der Waals surface area contributed by atoms with Gasteiger partial charge in [-0.05, 0) is 79.6 Å². The molecule has 3 fully saturated rings. The molecule has 1 saturated carbocycles. The van der Waals surface area contributed by atoms with Crippen molar-refractivity contribution in [2.45, 2.75) is 61.2 Å². The number of ether oxygens (including phenoxy) is 3. The second-order valence-corrected chi connectivity index (χ2v) is 14.1. The number of rotatable bonds is 7. The van der Waals surface area contributed by atoms with Crippen LogP contribution in [0.4, 0.5) is 18.0 Å². The molecule has 2 saturated heterocycles. The van der Waals surface area contributed by atoms with Crippen molar-refractivity contribution >= 4 is 16.1 Å². The topological polar surface area (TPSA) is 88.6 Å². The predicted molar refractivity (Wildman–Crippen MR) is 160 cm³/mol. The first-order chi connectivity index (χ1) is 22.1. The third-order valence-electron chi connectivity index (χ3n) is 9.37. The van der Waals surface area contributed by atoms with E-state index in [4.69, 9.17) is 14.2 Å². The summed E-state index contributed by atoms with van der Waals surface area (Å²) in [5.41, 5.74) is 0.369. The quantitative estimate of drug-likeness (QED) is 0.327. The highest BCUT2D eigenvalue weighted by Crippen LogP contribution is 2.53. The molecule has 7 rings (SSSR count). The normalized spacial score (nSPS) is 22.9. The van der Waals surface area contributed by atoms with Gasteiger partial charge in [0.15, 0.2) is 11.5 Å². The molecule has 9 nitrogen and oxygen atoms in total. The van der Waals surface area contributed by atoms with E-state index >= 15 is 4.39 Å². The average Bonchev–Trinajstić information content (AvgIpc) is 3.66. The Morgan fingerprint density at radius 1 is 0.891 bits per heavy atom. The van der Waals surface area contributed by atoms with Crippen molar-refractivity contribution in [2.24, 2.45) is 0 Å². The summed E-state index contributed by atoms with van der Waals surface area (Å²) in [6, 6.07) is 12.2. The maximum atomic E-state index is 15.0. The molecule has 4 aliphatic rings. The first kappa shape index (κ1) is 30.8. The van der Waals surface area contributed by atoms with Crippen molar-refractivity contribution in [3.8, 4) is 11.5 Å². The van der Waals surface area contributed by atoms with Crippen LogP contribution in [0.5, 0.6) is 11.5 Å². The van der Waals surface area contributed by atoms with Crippen LogP contribution in [0.25, 0.3) is 0 Å². The first-order valence-electron chi connectivity index (χ1n) is 15.5. The number of halogens is 3. The summed E-state index contributed by atoms with van der Waals surface area (Å²) >= 11 is 0. The highest BCUT2D eigenvalue weighted by atomic mass is 32.2. The molecule has 1 amide bonds. The fourth-order valence-electron chi connectivity index (χ4n) is 6.88. The fraction of sp³-hybridized carbons (Fsp3) is 0.424. The van der Waals surface area contributed by atoms with Crippen LogP contribution in [0.1, 0.15) is 49.3 Å². The lowest BCUT2D eigenvalue weighted by Crippen LogP contribution is -2.55. The zero-order valence-corrected chi connectivity index (χ0v) is 25.9. The lowest BCUT2D eigenvalue weighted by atomic mass is 9.90. The molecule has 0 N–H and O–H groups in total. The molecule has 0 unspecified atom stereocenters. The summed E-state index contributed by atoms with van der Waals surface area (Å²) in [7, 11) is -4.57. The molecule has 0 aromatic heterocycles. The molecule has 3 heterocycles. The van der Waals surface area contributed by atoms with Gasteiger partial charge < -0.3 is 19.1 Å². The third-order valence-corrected chi connectivity index (χ3v) is 11.3. The predicted octanol–water partition coefficient (Wildman–Crippen LogP) is 5.60. The van der Waals surface area contributed by atoms with Crippen molar-refractivity contribution < 1.29 is 40.6 Å². The minimum atomic E-state index is -4.57. The van der Waals surface area contributed by atoms with Crippen molar-refractivity contribution in [1.29, 1.82) is 0 Å². The van der Waals surface area contributed by atoms with E-state index in [9.17, 15) is 22.0 Å². The highest BCUT2D eigenvalue weighted by Gasteiger charge is 2.60. The Kier molecular flexibility index (Phi) is 8.10. The Labute approximate surface area is 265 Å². The van der Waals surface area contributed by atoms with Crippen LogP contribution in [0.3, 0.4) is 0 Å². The van der Waals surface area contributed by atoms with E-state index in [1.54, 1.807) is 11.0 Å². The van der Waals surface area contributed by atoms with E-state index in [2.05, 4.69) is 4.90 Å². The van der Waals surface area contributed by atoms with E-state index in [1.807, 2.05) is 18.2 Å². The Morgan fingerprint density at radius 2 is 1.65 bits per heavy atom. The molecule has 3 aromatic rings. The number of hydrogen-bond donors (Lipinski definition) is 0. The van der Waals surface area contributed by atoms with Crippen molar-refractivity contribution in [3.05, 3.63) is 89.2 Å². The maximum absolute atomic E-state index is 15.0. The van der Waals surface area contributed by atoms with Gasteiger partial charge in [0.05, 0.1) is 12.1 Å². The SMILES string of the molecule is O=C(OC1([C@H]2CCC[C@@H](c3cccc(F)c3)N2S(=O)(=O)c2ccc(F)cc2F)CC1)N1CCN(Cc2ccc3c(c2)OCO3)CC1. The van der Waals surface area contributed by atoms with Gasteiger partial charge in [-0.3, -0.25) is 4.90 Å². The Bertz CT molecular complexity index is 1750. The second kappa shape index (κ2) is 12.1. The van der Waals surface area contributed by atoms with Crippen LogP contribution in [0.2, 0.25) is 0 Å². The number of carbonyl (C=O) groups is 1. The summed E-state index contributed by atoms with van der Waals surface area (Å²) in [6.07, 6.45) is 1.64. The molecular formula is C33H34F3N3O6S. The Balaban J connectivity index is 1.09. The molecule has 46 heavy (non-hydrogen) atoms. The van der Waals surface area contributed by atoms with E-state index < -0.39 is 56.1 Å². The number of piperidine rings is 1. The van der Waals surface area contributed by atoms with Gasteiger partial charge in [-0.1, -0.05) is 18.2 Å². The molecule has 0 spiro atoms. The summed E-state index contributed by atoms with van der Waals surface area (Å²) in [4.78, 5) is 16.7. The van der Waals surface area contributed by atoms with Gasteiger partial charge in [-0.15, -0.1) is 0 Å². The van der Waals surface area contributed by atoms with Crippen LogP contribution in [-0.2, 0) is 21.3 Å². The van der Waals surface area contributed by atoms with E-state index in [1.165, 1.54) is 22.5 Å². The van der Waals surface area contributed by atoms with Crippen molar-refractivity contribution in [2.75, 3.05) is 33.0 Å². The van der Waals surface area contributed by atoms with Crippen molar-refractivity contribution in [1.82, 2.24) is 14.1 Å². The van der Waals surface area contributed by atoms with Gasteiger partial charge in [0.1, 0.15) is 27.9 Å². The van der Waals surface area contributed by atoms with E-state index in [0.717, 1.165) is 29.2 Å². The van der Waals surface area contributed by atoms with Crippen LogP contribution >= 0.6 is 0 Å². The number of carbonyl (C=O) groups excluding carboxylic acids is 1. The smallest absolute Gasteiger partial charge is 0.410 e. The average molecular weight is 658 g/mol. The number of nitrogens with zero attached hydrogens (tertiary/aromatic N) is 3. The number of hydrogen-bond acceptors (Lipinski definition) is 7. The second-order valence-electron chi connectivity index (χ2n) is 12.3. The van der Waals surface area contributed by atoms with Crippen LogP contribution < -0.4 is 9.47 Å². The lowest BCUT2D eigenvalue weighted by Gasteiger charge is -2.45. The van der Waals surface area contributed by atoms with Gasteiger partial charge in [0.2, 0.25) is 16.8 Å². The number of amides is 1. The van der Waals surface area contributed by atoms with Gasteiger partial charge >= 0.3 is 6.09 Å². The molecular weight excluding hydrogens is 623 g/mol. The van der Waals surface area contributed by atoms with Gasteiger partial charge in [-0.2, -0.15) is 4.31 Å². The maximum Gasteiger partial charge on any atom is 0.410 e. The molecule has 3 aromatic carbocycles. The summed E-state index contributed by atoms with van der Waals surface area (Å²) < 4.78 is 89.7. The summed E-state index contributed by atoms with van der Waals surface area (Å²) in [6.45, 7) is 2.98. The number of piperazine rings is 1. The summed E-state index contributed by atoms with van der Waals surface area (Å²) in [5.74, 6) is -1.22. The van der Waals surface area contributed by atoms with Gasteiger partial charge in [0.25, 0.3) is 0 Å². The molecule has 1 aliphatic carbocycles. The third kappa shape index (κ3) is 5.91. The Morgan fingerprint density at radius 3 is 2.39 bits per heavy atom. The fourth-order valence-corrected chi connectivity index (χ4v) is 8.85. The minimum Gasteiger partial charge on any atom is -0.454 e. The zero-order valence-electron chi connectivity index (χ0n) is 25.0. The van der Waals surface area contributed by atoms with Crippen LogP contribution in [0, 0.1) is 17.5 Å². The van der Waals surface area contributed by atoms with Gasteiger partial charge in [0, 0.05) is 38.8 Å². The molecule has 3 aliphatic heterocycles. The monoisotopic (exact) mass is 657 g/mol. The van der Waals surface area contributed by atoms with Crippen molar-refractivity contribution in [3.63, 3.8) is 0 Å². The molecule has 2 atom stereocenters. The summed E-state index contributed by atoms with van der Waals surface area (Å²) in [5, 5.41) is 0. The standard InChI is InChI=1S/C33H34F3N3O6S/c34-24-4-1-3-23(18-24)27-5-2-6-31(39(27)46(41,42)30-10-8-25(35)19-26(30)36)33(11-12-33)45-32(40)38-15-13-37(14-16-38)20-22-7-9-28-29(17-22)44-21-43-28/h1,3-4,7-10,17-19,27,31H,2,5-6,11-16,20-21H2/t27-,31+/m0/s1. The van der Waals surface area contributed by atoms with Crippen LogP contribution in [0.15, 0.2) is 65.6 Å². The Hall–Kier alpha value is -3.81. The lowest BCUT2D eigenvalue weighted by molar-refractivity contribution is -0.0144. The molecule has 13 heteroatoms. The number of sulfonamides is 1. The number of fused-ring (bicyclic) bond motifs is 1. The van der Waals surface area contributed by atoms with Gasteiger partial charge in [-0.25, -0.2) is 26.4 Å². The first-order valence-corrected chi connectivity index (χ1v) is 16.9. The zero-order chi connectivity index (χ0) is 32.1. The molecule has 244 valence electrons. The van der Waals surface area contributed by atoms with E-state index in [-0.39, 0.29) is 6.79 Å². The van der Waals surface area contributed by atoms with Crippen LogP contribution in [-0.4, -0.2) is 73.2 Å². The number of benzene rings is 3.